The van der Waals surface area contributed by atoms with Crippen molar-refractivity contribution < 1.29 is 5.11 Å². The Morgan fingerprint density at radius 1 is 1.21 bits per heavy atom. The van der Waals surface area contributed by atoms with E-state index >= 15 is 0 Å². The highest BCUT2D eigenvalue weighted by Gasteiger charge is 2.08. The molecule has 4 heteroatoms. The fourth-order valence-electron chi connectivity index (χ4n) is 1.94. The van der Waals surface area contributed by atoms with E-state index in [-0.39, 0.29) is 5.75 Å². The second kappa shape index (κ2) is 6.68. The van der Waals surface area contributed by atoms with E-state index in [1.165, 1.54) is 11.8 Å². The van der Waals surface area contributed by atoms with Gasteiger partial charge >= 0.3 is 0 Å². The molecule has 2 rings (SSSR count). The number of hydrogen-bond donors (Lipinski definition) is 2. The van der Waals surface area contributed by atoms with Crippen molar-refractivity contribution in [3.63, 3.8) is 0 Å². The topological polar surface area (TPSA) is 45.1 Å². The van der Waals surface area contributed by atoms with E-state index in [0.29, 0.717) is 12.6 Å². The second-order valence-electron chi connectivity index (χ2n) is 4.40. The number of pyridine rings is 1. The molecule has 0 aliphatic carbocycles. The Morgan fingerprint density at radius 3 is 2.53 bits per heavy atom. The van der Waals surface area contributed by atoms with Gasteiger partial charge < -0.3 is 10.4 Å². The average molecular weight is 321 g/mol. The van der Waals surface area contributed by atoms with Gasteiger partial charge in [0.15, 0.2) is 0 Å². The van der Waals surface area contributed by atoms with Crippen molar-refractivity contribution >= 4 is 15.9 Å². The third-order valence-corrected chi connectivity index (χ3v) is 3.55. The predicted octanol–water partition coefficient (Wildman–Crippen LogP) is 3.79. The van der Waals surface area contributed by atoms with Crippen LogP contribution in [-0.4, -0.2) is 10.1 Å². The number of rotatable bonds is 5. The molecule has 0 amide bonds. The first-order valence-electron chi connectivity index (χ1n) is 6.31. The van der Waals surface area contributed by atoms with Gasteiger partial charge in [-0.3, -0.25) is 4.98 Å². The summed E-state index contributed by atoms with van der Waals surface area (Å²) in [6.07, 6.45) is 2.48. The van der Waals surface area contributed by atoms with Gasteiger partial charge in [0.2, 0.25) is 0 Å². The third kappa shape index (κ3) is 4.04. The van der Waals surface area contributed by atoms with Crippen LogP contribution < -0.4 is 5.32 Å². The van der Waals surface area contributed by atoms with Crippen molar-refractivity contribution in [3.05, 3.63) is 58.3 Å². The number of aromatic nitrogens is 1. The van der Waals surface area contributed by atoms with Gasteiger partial charge in [-0.2, -0.15) is 0 Å². The molecular formula is C15H17BrN2O. The zero-order valence-corrected chi connectivity index (χ0v) is 12.4. The first-order chi connectivity index (χ1) is 9.19. The first kappa shape index (κ1) is 14.0. The largest absolute Gasteiger partial charge is 0.506 e. The fourth-order valence-corrected chi connectivity index (χ4v) is 2.21. The molecular weight excluding hydrogens is 304 g/mol. The average Bonchev–Trinajstić information content (AvgIpc) is 2.43. The highest BCUT2D eigenvalue weighted by Crippen LogP contribution is 2.20. The van der Waals surface area contributed by atoms with E-state index in [9.17, 15) is 5.11 Å². The lowest BCUT2D eigenvalue weighted by Gasteiger charge is -2.17. The van der Waals surface area contributed by atoms with Gasteiger partial charge in [0, 0.05) is 17.1 Å². The van der Waals surface area contributed by atoms with Gasteiger partial charge in [0.1, 0.15) is 5.75 Å². The maximum absolute atomic E-state index is 9.20. The molecule has 2 N–H and O–H groups in total. The molecule has 1 heterocycles. The lowest BCUT2D eigenvalue weighted by Crippen LogP contribution is -2.20. The van der Waals surface area contributed by atoms with Crippen LogP contribution in [0.2, 0.25) is 0 Å². The number of nitrogens with zero attached hydrogens (tertiary/aromatic N) is 1. The van der Waals surface area contributed by atoms with E-state index in [0.717, 1.165) is 16.6 Å². The summed E-state index contributed by atoms with van der Waals surface area (Å²) in [6.45, 7) is 2.85. The molecule has 3 nitrogen and oxygen atoms in total. The molecule has 1 unspecified atom stereocenters. The molecule has 1 aromatic carbocycles. The van der Waals surface area contributed by atoms with Gasteiger partial charge in [0.05, 0.1) is 11.9 Å². The van der Waals surface area contributed by atoms with Crippen LogP contribution in [0.3, 0.4) is 0 Å². The fraction of sp³-hybridized carbons (Fsp3) is 0.267. The maximum atomic E-state index is 9.20. The summed E-state index contributed by atoms with van der Waals surface area (Å²) in [5, 5.41) is 12.7. The normalized spacial score (nSPS) is 12.3. The van der Waals surface area contributed by atoms with Crippen molar-refractivity contribution in [1.82, 2.24) is 10.3 Å². The smallest absolute Gasteiger partial charge is 0.133 e. The number of aromatic hydroxyl groups is 1. The highest BCUT2D eigenvalue weighted by molar-refractivity contribution is 9.10. The summed E-state index contributed by atoms with van der Waals surface area (Å²) in [5.74, 6) is 0.198. The Balaban J connectivity index is 1.99. The Bertz CT molecular complexity index is 511. The summed E-state index contributed by atoms with van der Waals surface area (Å²) >= 11 is 3.44. The second-order valence-corrected chi connectivity index (χ2v) is 5.32. The first-order valence-corrected chi connectivity index (χ1v) is 7.11. The van der Waals surface area contributed by atoms with Crippen LogP contribution >= 0.6 is 15.9 Å². The van der Waals surface area contributed by atoms with E-state index in [4.69, 9.17) is 0 Å². The molecule has 0 saturated heterocycles. The van der Waals surface area contributed by atoms with Crippen LogP contribution in [0.15, 0.2) is 47.1 Å². The van der Waals surface area contributed by atoms with Crippen molar-refractivity contribution in [2.24, 2.45) is 0 Å². The van der Waals surface area contributed by atoms with E-state index in [1.54, 1.807) is 6.07 Å². The van der Waals surface area contributed by atoms with Crippen LogP contribution in [-0.2, 0) is 6.54 Å². The third-order valence-electron chi connectivity index (χ3n) is 3.02. The van der Waals surface area contributed by atoms with Crippen molar-refractivity contribution in [2.75, 3.05) is 0 Å². The number of benzene rings is 1. The minimum atomic E-state index is 0.198. The molecule has 0 aliphatic heterocycles. The van der Waals surface area contributed by atoms with Gasteiger partial charge in [-0.25, -0.2) is 0 Å². The minimum Gasteiger partial charge on any atom is -0.506 e. The van der Waals surface area contributed by atoms with E-state index in [2.05, 4.69) is 57.4 Å². The summed E-state index contributed by atoms with van der Waals surface area (Å²) in [7, 11) is 0. The molecule has 2 aromatic rings. The molecule has 0 spiro atoms. The monoisotopic (exact) mass is 320 g/mol. The standard InChI is InChI=1S/C15H17BrN2O/c1-2-15(11-3-5-12(16)6-4-11)18-9-13-7-8-14(19)10-17-13/h3-8,10,15,18-19H,2,9H2,1H3. The minimum absolute atomic E-state index is 0.198. The maximum Gasteiger partial charge on any atom is 0.133 e. The molecule has 0 bridgehead atoms. The zero-order chi connectivity index (χ0) is 13.7. The SMILES string of the molecule is CCC(NCc1ccc(O)cn1)c1ccc(Br)cc1. The van der Waals surface area contributed by atoms with Crippen molar-refractivity contribution in [2.45, 2.75) is 25.9 Å². The van der Waals surface area contributed by atoms with Crippen LogP contribution in [0.5, 0.6) is 5.75 Å². The Kier molecular flexibility index (Phi) is 4.93. The summed E-state index contributed by atoms with van der Waals surface area (Å²) in [4.78, 5) is 4.17. The lowest BCUT2D eigenvalue weighted by atomic mass is 10.0. The number of nitrogens with one attached hydrogen (secondary N) is 1. The summed E-state index contributed by atoms with van der Waals surface area (Å²) in [5.41, 5.74) is 2.19. The van der Waals surface area contributed by atoms with Gasteiger partial charge in [0.25, 0.3) is 0 Å². The molecule has 1 atom stereocenters. The lowest BCUT2D eigenvalue weighted by molar-refractivity contribution is 0.470. The van der Waals surface area contributed by atoms with Crippen LogP contribution in [0.1, 0.15) is 30.6 Å². The molecule has 0 radical (unpaired) electrons. The zero-order valence-electron chi connectivity index (χ0n) is 10.8. The van der Waals surface area contributed by atoms with Gasteiger partial charge in [-0.1, -0.05) is 35.0 Å². The Morgan fingerprint density at radius 2 is 1.95 bits per heavy atom. The van der Waals surface area contributed by atoms with Crippen molar-refractivity contribution in [1.29, 1.82) is 0 Å². The molecule has 19 heavy (non-hydrogen) atoms. The van der Waals surface area contributed by atoms with Crippen LogP contribution in [0.25, 0.3) is 0 Å². The number of halogens is 1. The van der Waals surface area contributed by atoms with Crippen LogP contribution in [0.4, 0.5) is 0 Å². The van der Waals surface area contributed by atoms with Gasteiger partial charge in [-0.15, -0.1) is 0 Å². The summed E-state index contributed by atoms with van der Waals surface area (Å²) < 4.78 is 1.09. The highest BCUT2D eigenvalue weighted by atomic mass is 79.9. The molecule has 100 valence electrons. The molecule has 0 aliphatic rings. The van der Waals surface area contributed by atoms with E-state index in [1.807, 2.05) is 6.07 Å². The number of hydrogen-bond acceptors (Lipinski definition) is 3. The quantitative estimate of drug-likeness (QED) is 0.881. The predicted molar refractivity (Wildman–Crippen MR) is 79.9 cm³/mol. The van der Waals surface area contributed by atoms with E-state index < -0.39 is 0 Å². The Labute approximate surface area is 121 Å². The molecule has 1 aromatic heterocycles. The molecule has 0 fully saturated rings. The Hall–Kier alpha value is -1.39. The molecule has 0 saturated carbocycles. The van der Waals surface area contributed by atoms with Crippen molar-refractivity contribution in [3.8, 4) is 5.75 Å². The van der Waals surface area contributed by atoms with Gasteiger partial charge in [-0.05, 0) is 36.2 Å². The summed E-state index contributed by atoms with van der Waals surface area (Å²) in [6, 6.07) is 12.1. The van der Waals surface area contributed by atoms with Crippen LogP contribution in [0, 0.1) is 0 Å².